The number of aliphatic imine (C=N–C) groups is 2. The van der Waals surface area contributed by atoms with Gasteiger partial charge in [-0.25, -0.2) is 9.59 Å². The van der Waals surface area contributed by atoms with Crippen LogP contribution in [0.15, 0.2) is 32.6 Å². The fraction of sp³-hybridized carbons (Fsp3) is 0.643. The molecule has 10 heteroatoms. The molecule has 0 heterocycles. The number of carbonyl (C=O) groups excluding carboxylic acids is 2. The van der Waals surface area contributed by atoms with Crippen molar-refractivity contribution in [1.29, 1.82) is 0 Å². The Morgan fingerprint density at radius 3 is 1.29 bits per heavy atom. The van der Waals surface area contributed by atoms with Crippen LogP contribution in [0.2, 0.25) is 0 Å². The number of allylic oxidation sites excluding steroid dienone is 4. The lowest BCUT2D eigenvalue weighted by Gasteiger charge is -2.32. The normalized spacial score (nSPS) is 25.7. The monoisotopic (exact) mass is 532 g/mol. The van der Waals surface area contributed by atoms with Crippen LogP contribution in [0.1, 0.15) is 92.9 Å². The average Bonchev–Trinajstić information content (AvgIpc) is 2.74. The highest BCUT2D eigenvalue weighted by Gasteiger charge is 2.38. The molecule has 2 rings (SSSR count). The maximum Gasteiger partial charge on any atom is 0.328 e. The molecule has 2 fully saturated rings. The van der Waals surface area contributed by atoms with Gasteiger partial charge in [0, 0.05) is 25.7 Å². The van der Waals surface area contributed by atoms with Crippen molar-refractivity contribution in [3.05, 3.63) is 22.7 Å². The second-order valence-electron chi connectivity index (χ2n) is 11.9. The summed E-state index contributed by atoms with van der Waals surface area (Å²) in [6.07, 6.45) is 2.11. The number of hydrogen-bond acceptors (Lipinski definition) is 8. The third kappa shape index (κ3) is 8.10. The van der Waals surface area contributed by atoms with E-state index >= 15 is 0 Å². The number of aliphatic carboxylic acids is 2. The van der Waals surface area contributed by atoms with Crippen molar-refractivity contribution in [1.82, 2.24) is 0 Å². The minimum atomic E-state index is -1.13. The molecule has 0 amide bonds. The van der Waals surface area contributed by atoms with E-state index in [-0.39, 0.29) is 71.3 Å². The second kappa shape index (κ2) is 12.0. The van der Waals surface area contributed by atoms with Gasteiger partial charge in [0.05, 0.1) is 22.6 Å². The predicted molar refractivity (Wildman–Crippen MR) is 143 cm³/mol. The molecule has 0 saturated heterocycles. The summed E-state index contributed by atoms with van der Waals surface area (Å²) in [4.78, 5) is 56.7. The van der Waals surface area contributed by atoms with Crippen LogP contribution in [0.3, 0.4) is 0 Å². The van der Waals surface area contributed by atoms with E-state index in [0.717, 1.165) is 0 Å². The Hall–Kier alpha value is -3.30. The maximum absolute atomic E-state index is 12.8. The van der Waals surface area contributed by atoms with Gasteiger partial charge in [0.15, 0.2) is 11.6 Å². The average molecular weight is 533 g/mol. The molecule has 10 nitrogen and oxygen atoms in total. The fourth-order valence-corrected chi connectivity index (χ4v) is 4.86. The van der Waals surface area contributed by atoms with Crippen molar-refractivity contribution in [2.24, 2.45) is 20.8 Å². The van der Waals surface area contributed by atoms with Gasteiger partial charge in [-0.05, 0) is 50.4 Å². The van der Waals surface area contributed by atoms with Crippen LogP contribution in [0.4, 0.5) is 0 Å². The Kier molecular flexibility index (Phi) is 9.80. The van der Waals surface area contributed by atoms with Gasteiger partial charge in [0.2, 0.25) is 0 Å². The molecule has 0 bridgehead atoms. The van der Waals surface area contributed by atoms with Crippen molar-refractivity contribution in [2.45, 2.75) is 105 Å². The van der Waals surface area contributed by atoms with Gasteiger partial charge in [0.1, 0.15) is 23.6 Å². The first-order valence-electron chi connectivity index (χ1n) is 12.9. The van der Waals surface area contributed by atoms with Crippen molar-refractivity contribution in [3.8, 4) is 0 Å². The van der Waals surface area contributed by atoms with E-state index in [4.69, 9.17) is 0 Å². The van der Waals surface area contributed by atoms with E-state index in [1.54, 1.807) is 0 Å². The highest BCUT2D eigenvalue weighted by molar-refractivity contribution is 6.25. The maximum atomic E-state index is 12.8. The molecule has 2 aliphatic carbocycles. The van der Waals surface area contributed by atoms with Gasteiger partial charge >= 0.3 is 11.9 Å². The van der Waals surface area contributed by atoms with Gasteiger partial charge in [-0.1, -0.05) is 27.7 Å². The first-order valence-corrected chi connectivity index (χ1v) is 12.9. The van der Waals surface area contributed by atoms with E-state index in [9.17, 15) is 39.6 Å². The van der Waals surface area contributed by atoms with E-state index in [2.05, 4.69) is 9.98 Å². The van der Waals surface area contributed by atoms with E-state index in [0.29, 0.717) is 25.7 Å². The highest BCUT2D eigenvalue weighted by Crippen LogP contribution is 2.37. The molecular formula is C28H40N2O8. The first-order chi connectivity index (χ1) is 17.4. The molecule has 0 aromatic carbocycles. The molecule has 0 aromatic rings. The lowest BCUT2D eigenvalue weighted by Crippen LogP contribution is -2.34. The zero-order valence-corrected chi connectivity index (χ0v) is 23.1. The molecule has 2 aliphatic rings. The number of carbonyl (C=O) groups is 4. The quantitative estimate of drug-likeness (QED) is 0.186. The number of nitrogens with zero attached hydrogens (tertiary/aromatic N) is 2. The molecule has 0 spiro atoms. The lowest BCUT2D eigenvalue weighted by molar-refractivity contribution is -0.138. The lowest BCUT2D eigenvalue weighted by atomic mass is 9.73. The SMILES string of the molecule is CC(N=C1CC(C)(C)CC(=O)C1=C(O)CCCCC(O)=C1C(=O)CC(C)(C)CC1=NC(C)C(=O)O)C(=O)O. The first kappa shape index (κ1) is 30.9. The number of carboxylic acid groups (broad SMARTS) is 2. The van der Waals surface area contributed by atoms with Crippen LogP contribution in [0, 0.1) is 10.8 Å². The van der Waals surface area contributed by atoms with E-state index in [1.807, 2.05) is 27.7 Å². The summed E-state index contributed by atoms with van der Waals surface area (Å²) >= 11 is 0. The Labute approximate surface area is 223 Å². The van der Waals surface area contributed by atoms with E-state index in [1.165, 1.54) is 13.8 Å². The number of aliphatic hydroxyl groups excluding tert-OH is 2. The van der Waals surface area contributed by atoms with Gasteiger partial charge in [-0.2, -0.15) is 0 Å². The van der Waals surface area contributed by atoms with Crippen LogP contribution in [0.25, 0.3) is 0 Å². The minimum absolute atomic E-state index is 0.0711. The number of unbranched alkanes of at least 4 members (excludes halogenated alkanes) is 1. The summed E-state index contributed by atoms with van der Waals surface area (Å²) in [5, 5.41) is 40.0. The summed E-state index contributed by atoms with van der Waals surface area (Å²) in [6.45, 7) is 10.4. The standard InChI is InChI=1S/C28H40N2O8/c1-15(25(35)36)29-17-11-27(3,4)13-21(33)23(17)19(31)9-7-8-10-20(32)24-18(30-16(2)26(37)38)12-28(5,6)14-22(24)34/h15-16,31-32H,7-14H2,1-6H3,(H,35,36)(H,37,38). The number of rotatable bonds is 9. The molecule has 2 atom stereocenters. The zero-order chi connectivity index (χ0) is 29.0. The highest BCUT2D eigenvalue weighted by atomic mass is 16.4. The van der Waals surface area contributed by atoms with Gasteiger partial charge in [-0.3, -0.25) is 19.6 Å². The van der Waals surface area contributed by atoms with E-state index < -0.39 is 34.9 Å². The van der Waals surface area contributed by atoms with Crippen molar-refractivity contribution >= 4 is 34.9 Å². The summed E-state index contributed by atoms with van der Waals surface area (Å²) in [5.74, 6) is -3.16. The van der Waals surface area contributed by atoms with Gasteiger partial charge < -0.3 is 20.4 Å². The number of aliphatic hydroxyl groups is 2. The van der Waals surface area contributed by atoms with Crippen molar-refractivity contribution in [2.75, 3.05) is 0 Å². The molecule has 210 valence electrons. The van der Waals surface area contributed by atoms with Crippen molar-refractivity contribution < 1.29 is 39.6 Å². The number of Topliss-reactive ketones (excluding diaryl/α,β-unsaturated/α-hetero) is 2. The van der Waals surface area contributed by atoms with Crippen LogP contribution < -0.4 is 0 Å². The molecule has 2 unspecified atom stereocenters. The summed E-state index contributed by atoms with van der Waals surface area (Å²) in [7, 11) is 0. The number of carboxylic acids is 2. The summed E-state index contributed by atoms with van der Waals surface area (Å²) < 4.78 is 0. The van der Waals surface area contributed by atoms with Crippen LogP contribution in [-0.2, 0) is 19.2 Å². The molecule has 0 aromatic heterocycles. The van der Waals surface area contributed by atoms with Crippen molar-refractivity contribution in [3.63, 3.8) is 0 Å². The number of ketones is 2. The molecule has 0 aliphatic heterocycles. The Morgan fingerprint density at radius 1 is 0.684 bits per heavy atom. The third-order valence-corrected chi connectivity index (χ3v) is 6.77. The molecule has 0 radical (unpaired) electrons. The number of hydrogen-bond donors (Lipinski definition) is 4. The fourth-order valence-electron chi connectivity index (χ4n) is 4.86. The second-order valence-corrected chi connectivity index (χ2v) is 11.9. The molecular weight excluding hydrogens is 492 g/mol. The largest absolute Gasteiger partial charge is 0.511 e. The Morgan fingerprint density at radius 2 is 1.00 bits per heavy atom. The van der Waals surface area contributed by atoms with Gasteiger partial charge in [0.25, 0.3) is 0 Å². The van der Waals surface area contributed by atoms with Crippen LogP contribution in [-0.4, -0.2) is 67.4 Å². The third-order valence-electron chi connectivity index (χ3n) is 6.77. The summed E-state index contributed by atoms with van der Waals surface area (Å²) in [5.41, 5.74) is -0.105. The molecule has 4 N–H and O–H groups in total. The molecule has 2 saturated carbocycles. The Balaban J connectivity index is 2.22. The predicted octanol–water partition coefficient (Wildman–Crippen LogP) is 4.78. The summed E-state index contributed by atoms with van der Waals surface area (Å²) in [6, 6.07) is -2.12. The smallest absolute Gasteiger partial charge is 0.328 e. The Bertz CT molecular complexity index is 1040. The minimum Gasteiger partial charge on any atom is -0.511 e. The van der Waals surface area contributed by atoms with Gasteiger partial charge in [-0.15, -0.1) is 0 Å². The van der Waals surface area contributed by atoms with Crippen LogP contribution >= 0.6 is 0 Å². The van der Waals surface area contributed by atoms with Crippen LogP contribution in [0.5, 0.6) is 0 Å². The topological polar surface area (TPSA) is 174 Å². The molecule has 38 heavy (non-hydrogen) atoms. The zero-order valence-electron chi connectivity index (χ0n) is 23.1.